The lowest BCUT2D eigenvalue weighted by atomic mass is 9.97. The fraction of sp³-hybridized carbons (Fsp3) is 0.600. The van der Waals surface area contributed by atoms with Crippen molar-refractivity contribution in [3.8, 4) is 0 Å². The number of nitrogens with one attached hydrogen (secondary N) is 1. The third kappa shape index (κ3) is 2.24. The third-order valence-corrected chi connectivity index (χ3v) is 9.56. The van der Waals surface area contributed by atoms with Crippen LogP contribution in [0.15, 0.2) is 20.1 Å². The quantitative estimate of drug-likeness (QED) is 0.704. The van der Waals surface area contributed by atoms with Gasteiger partial charge in [0.2, 0.25) is 10.0 Å². The summed E-state index contributed by atoms with van der Waals surface area (Å²) in [6.07, 6.45) is 2.36. The normalized spacial score (nSPS) is 37.7. The predicted molar refractivity (Wildman–Crippen MR) is 81.4 cm³/mol. The van der Waals surface area contributed by atoms with E-state index in [0.717, 1.165) is 17.3 Å². The molecule has 1 saturated heterocycles. The summed E-state index contributed by atoms with van der Waals surface area (Å²) in [4.78, 5) is 0. The topological polar surface area (TPSA) is 106 Å². The molecule has 6 nitrogen and oxygen atoms in total. The van der Waals surface area contributed by atoms with Crippen LogP contribution in [0.3, 0.4) is 0 Å². The second-order valence-electron chi connectivity index (χ2n) is 5.35. The van der Waals surface area contributed by atoms with E-state index >= 15 is 0 Å². The van der Waals surface area contributed by atoms with Crippen molar-refractivity contribution in [3.63, 3.8) is 0 Å². The van der Waals surface area contributed by atoms with Crippen LogP contribution in [0.25, 0.3) is 0 Å². The highest BCUT2D eigenvalue weighted by Gasteiger charge is 2.53. The van der Waals surface area contributed by atoms with Crippen LogP contribution in [0, 0.1) is 0 Å². The zero-order valence-corrected chi connectivity index (χ0v) is 13.9. The number of sulfonamides is 1. The van der Waals surface area contributed by atoms with Crippen LogP contribution in [0.2, 0.25) is 0 Å². The molecule has 0 aliphatic carbocycles. The molecule has 0 aromatic carbocycles. The van der Waals surface area contributed by atoms with Crippen LogP contribution in [-0.2, 0) is 19.9 Å². The lowest BCUT2D eigenvalue weighted by molar-refractivity contribution is 0.489. The number of primary sulfonamides is 1. The van der Waals surface area contributed by atoms with Gasteiger partial charge in [-0.1, -0.05) is 11.8 Å². The van der Waals surface area contributed by atoms with Crippen molar-refractivity contribution < 1.29 is 16.8 Å². The Bertz CT molecular complexity index is 726. The Morgan fingerprint density at radius 1 is 1.50 bits per heavy atom. The highest BCUT2D eigenvalue weighted by molar-refractivity contribution is 8.28. The molecule has 20 heavy (non-hydrogen) atoms. The van der Waals surface area contributed by atoms with Gasteiger partial charge in [0, 0.05) is 12.6 Å². The molecular weight excluding hydrogens is 344 g/mol. The predicted octanol–water partition coefficient (Wildman–Crippen LogP) is 0.436. The van der Waals surface area contributed by atoms with E-state index in [9.17, 15) is 16.8 Å². The van der Waals surface area contributed by atoms with Gasteiger partial charge in [-0.25, -0.2) is 22.0 Å². The first-order chi connectivity index (χ1) is 8.63. The Morgan fingerprint density at radius 3 is 2.75 bits per heavy atom. The number of sulfone groups is 1. The summed E-state index contributed by atoms with van der Waals surface area (Å²) in [5, 5.41) is 8.33. The molecule has 0 aromatic heterocycles. The van der Waals surface area contributed by atoms with Crippen molar-refractivity contribution in [1.82, 2.24) is 5.32 Å². The number of fused-ring (bicyclic) bond motifs is 2. The fourth-order valence-corrected chi connectivity index (χ4v) is 7.81. The Balaban J connectivity index is 0.00000147. The van der Waals surface area contributed by atoms with Gasteiger partial charge in [-0.15, -0.1) is 12.4 Å². The highest BCUT2D eigenvalue weighted by atomic mass is 35.5. The summed E-state index contributed by atoms with van der Waals surface area (Å²) in [6, 6.07) is -0.292. The molecule has 10 heteroatoms. The number of nitrogens with two attached hydrogens (primary N) is 1. The van der Waals surface area contributed by atoms with Gasteiger partial charge in [-0.2, -0.15) is 0 Å². The molecule has 4 bridgehead atoms. The average Bonchev–Trinajstić information content (AvgIpc) is 2.34. The molecule has 4 aliphatic rings. The minimum absolute atomic E-state index is 0. The number of rotatable bonds is 1. The largest absolute Gasteiger partial charge is 0.307 e. The van der Waals surface area contributed by atoms with Crippen LogP contribution in [0.5, 0.6) is 0 Å². The molecule has 2 atom stereocenters. The zero-order chi connectivity index (χ0) is 14.1. The number of hydrogen-bond donors (Lipinski definition) is 2. The maximum atomic E-state index is 12.6. The third-order valence-electron chi connectivity index (χ3n) is 3.81. The minimum atomic E-state index is -3.90. The molecule has 2 unspecified atom stereocenters. The first-order valence-electron chi connectivity index (χ1n) is 5.76. The molecule has 4 rings (SSSR count). The Labute approximate surface area is 128 Å². The van der Waals surface area contributed by atoms with Crippen molar-refractivity contribution in [2.75, 3.05) is 6.54 Å². The van der Waals surface area contributed by atoms with E-state index in [-0.39, 0.29) is 26.9 Å². The van der Waals surface area contributed by atoms with Crippen LogP contribution < -0.4 is 10.5 Å². The Hall–Kier alpha value is -0.0600. The molecule has 1 fully saturated rings. The van der Waals surface area contributed by atoms with Crippen molar-refractivity contribution in [2.45, 2.75) is 30.6 Å². The Kier molecular flexibility index (Phi) is 3.85. The van der Waals surface area contributed by atoms with Gasteiger partial charge in [-0.05, 0) is 31.4 Å². The van der Waals surface area contributed by atoms with Crippen molar-refractivity contribution in [3.05, 3.63) is 20.1 Å². The molecule has 0 aromatic rings. The summed E-state index contributed by atoms with van der Waals surface area (Å²) in [5.41, 5.74) is 0.768. The molecule has 4 aliphatic heterocycles. The zero-order valence-electron chi connectivity index (χ0n) is 10.6. The van der Waals surface area contributed by atoms with Gasteiger partial charge >= 0.3 is 0 Å². The maximum Gasteiger partial charge on any atom is 0.244 e. The SMILES string of the molecule is CC12CC3=C(S/C(S(N)(=O)=O)=C\C(C1)NC3)S2(=O)=O.Cl. The second kappa shape index (κ2) is 4.72. The molecule has 0 amide bonds. The maximum absolute atomic E-state index is 12.6. The number of halogens is 1. The Morgan fingerprint density at radius 2 is 2.15 bits per heavy atom. The van der Waals surface area contributed by atoms with E-state index in [4.69, 9.17) is 5.14 Å². The van der Waals surface area contributed by atoms with Crippen molar-refractivity contribution in [1.29, 1.82) is 0 Å². The summed E-state index contributed by atoms with van der Waals surface area (Å²) in [5.74, 6) is 0. The second-order valence-corrected chi connectivity index (χ2v) is 10.8. The lowest BCUT2D eigenvalue weighted by Gasteiger charge is -2.29. The van der Waals surface area contributed by atoms with Crippen LogP contribution in [0.1, 0.15) is 19.8 Å². The molecule has 0 saturated carbocycles. The number of hydrogen-bond acceptors (Lipinski definition) is 6. The standard InChI is InChI=1S/C10H14N2O4S3.ClH/c1-10-3-6-5-12-7(4-10)2-8(19(11,15)16)17-9(6)18(10,13)14;/h2,7,12H,3-5H2,1H3,(H2,11,15,16);1H/b8-2+;. The molecule has 114 valence electrons. The van der Waals surface area contributed by atoms with E-state index < -0.39 is 24.6 Å². The molecule has 0 radical (unpaired) electrons. The summed E-state index contributed by atoms with van der Waals surface area (Å²) >= 11 is 0.783. The smallest absolute Gasteiger partial charge is 0.244 e. The van der Waals surface area contributed by atoms with E-state index in [1.54, 1.807) is 6.92 Å². The van der Waals surface area contributed by atoms with Crippen molar-refractivity contribution in [2.24, 2.45) is 5.14 Å². The molecule has 4 heterocycles. The fourth-order valence-electron chi connectivity index (χ4n) is 2.83. The van der Waals surface area contributed by atoms with Crippen LogP contribution in [-0.4, -0.2) is 34.2 Å². The molecular formula is C10H15ClN2O4S3. The van der Waals surface area contributed by atoms with Gasteiger partial charge < -0.3 is 5.32 Å². The van der Waals surface area contributed by atoms with E-state index in [0.29, 0.717) is 19.4 Å². The average molecular weight is 359 g/mol. The van der Waals surface area contributed by atoms with E-state index in [1.165, 1.54) is 6.08 Å². The minimum Gasteiger partial charge on any atom is -0.307 e. The summed E-state index contributed by atoms with van der Waals surface area (Å²) < 4.78 is 47.5. The summed E-state index contributed by atoms with van der Waals surface area (Å²) in [7, 11) is -7.37. The van der Waals surface area contributed by atoms with Gasteiger partial charge in [-0.3, -0.25) is 0 Å². The van der Waals surface area contributed by atoms with E-state index in [1.807, 2.05) is 0 Å². The first kappa shape index (κ1) is 16.3. The van der Waals surface area contributed by atoms with Gasteiger partial charge in [0.1, 0.15) is 8.47 Å². The van der Waals surface area contributed by atoms with Gasteiger partial charge in [0.25, 0.3) is 0 Å². The van der Waals surface area contributed by atoms with Gasteiger partial charge in [0.15, 0.2) is 9.84 Å². The monoisotopic (exact) mass is 358 g/mol. The first-order valence-corrected chi connectivity index (χ1v) is 9.61. The van der Waals surface area contributed by atoms with Crippen molar-refractivity contribution >= 4 is 44.0 Å². The lowest BCUT2D eigenvalue weighted by Crippen LogP contribution is -2.40. The van der Waals surface area contributed by atoms with E-state index in [2.05, 4.69) is 5.32 Å². The molecule has 3 N–H and O–H groups in total. The number of thioether (sulfide) groups is 1. The van der Waals surface area contributed by atoms with Crippen LogP contribution in [0.4, 0.5) is 0 Å². The van der Waals surface area contributed by atoms with Crippen LogP contribution >= 0.6 is 24.2 Å². The van der Waals surface area contributed by atoms with Gasteiger partial charge in [0.05, 0.1) is 4.75 Å². The molecule has 0 spiro atoms. The highest BCUT2D eigenvalue weighted by Crippen LogP contribution is 2.52. The summed E-state index contributed by atoms with van der Waals surface area (Å²) in [6.45, 7) is 2.21.